The van der Waals surface area contributed by atoms with Crippen molar-refractivity contribution in [2.45, 2.75) is 6.42 Å². The first-order valence-corrected chi connectivity index (χ1v) is 10.1. The van der Waals surface area contributed by atoms with Crippen molar-refractivity contribution in [3.8, 4) is 0 Å². The van der Waals surface area contributed by atoms with Crippen LogP contribution in [0.15, 0.2) is 42.5 Å². The molecule has 1 fully saturated rings. The molecule has 0 aliphatic carbocycles. The Labute approximate surface area is 166 Å². The van der Waals surface area contributed by atoms with Gasteiger partial charge in [-0.25, -0.2) is 17.5 Å². The molecule has 2 amide bonds. The molecule has 2 aromatic carbocycles. The molecule has 0 aromatic heterocycles. The highest BCUT2D eigenvalue weighted by molar-refractivity contribution is 7.94. The smallest absolute Gasteiger partial charge is 0.339 e. The van der Waals surface area contributed by atoms with Gasteiger partial charge in [0.25, 0.3) is 5.91 Å². The highest BCUT2D eigenvalue weighted by Crippen LogP contribution is 2.29. The second-order valence-corrected chi connectivity index (χ2v) is 8.22. The quantitative estimate of drug-likeness (QED) is 0.758. The number of hydrogen-bond acceptors (Lipinski definition) is 6. The Morgan fingerprint density at radius 2 is 1.86 bits per heavy atom. The number of amides is 2. The van der Waals surface area contributed by atoms with Crippen LogP contribution in [-0.4, -0.2) is 39.1 Å². The van der Waals surface area contributed by atoms with Gasteiger partial charge in [0.1, 0.15) is 0 Å². The first-order valence-electron chi connectivity index (χ1n) is 8.08. The van der Waals surface area contributed by atoms with Crippen LogP contribution in [-0.2, 0) is 19.6 Å². The monoisotopic (exact) mass is 422 g/mol. The Morgan fingerprint density at radius 1 is 1.14 bits per heavy atom. The highest BCUT2D eigenvalue weighted by Gasteiger charge is 2.36. The Bertz CT molecular complexity index is 1080. The van der Waals surface area contributed by atoms with Gasteiger partial charge in [0.2, 0.25) is 15.9 Å². The van der Waals surface area contributed by atoms with Crippen molar-refractivity contribution in [3.05, 3.63) is 58.6 Å². The zero-order valence-corrected chi connectivity index (χ0v) is 16.2. The third kappa shape index (κ3) is 3.71. The summed E-state index contributed by atoms with van der Waals surface area (Å²) in [6.45, 7) is 0. The normalized spacial score (nSPS) is 15.4. The number of ether oxygens (including phenoxy) is 1. The Kier molecular flexibility index (Phi) is 5.39. The molecule has 1 aliphatic rings. The summed E-state index contributed by atoms with van der Waals surface area (Å²) in [6.07, 6.45) is -0.126. The molecule has 2 aromatic rings. The van der Waals surface area contributed by atoms with Crippen LogP contribution in [0.5, 0.6) is 0 Å². The van der Waals surface area contributed by atoms with Gasteiger partial charge >= 0.3 is 5.97 Å². The Hall–Kier alpha value is -2.91. The molecular weight excluding hydrogens is 408 g/mol. The summed E-state index contributed by atoms with van der Waals surface area (Å²) in [6, 6.07) is 10.1. The summed E-state index contributed by atoms with van der Waals surface area (Å²) in [5, 5.41) is 2.61. The van der Waals surface area contributed by atoms with Gasteiger partial charge in [-0.15, -0.1) is 0 Å². The van der Waals surface area contributed by atoms with Crippen LogP contribution in [0.25, 0.3) is 0 Å². The lowest BCUT2D eigenvalue weighted by Crippen LogP contribution is -2.29. The molecule has 10 heteroatoms. The number of sulfonamides is 1. The lowest BCUT2D eigenvalue weighted by atomic mass is 10.1. The third-order valence-corrected chi connectivity index (χ3v) is 6.11. The number of methoxy groups -OCH3 is 1. The van der Waals surface area contributed by atoms with E-state index in [-0.39, 0.29) is 39.7 Å². The summed E-state index contributed by atoms with van der Waals surface area (Å²) in [5.74, 6) is -2.18. The molecule has 28 heavy (non-hydrogen) atoms. The molecule has 0 saturated carbocycles. The molecular formula is C18H15ClN2O6S. The maximum absolute atomic E-state index is 12.7. The van der Waals surface area contributed by atoms with Crippen molar-refractivity contribution in [1.29, 1.82) is 0 Å². The van der Waals surface area contributed by atoms with E-state index in [1.807, 2.05) is 0 Å². The Morgan fingerprint density at radius 3 is 2.50 bits per heavy atom. The van der Waals surface area contributed by atoms with Gasteiger partial charge in [0, 0.05) is 6.42 Å². The van der Waals surface area contributed by atoms with Crippen molar-refractivity contribution in [2.75, 3.05) is 22.5 Å². The summed E-state index contributed by atoms with van der Waals surface area (Å²) in [7, 11) is -2.56. The number of esters is 1. The summed E-state index contributed by atoms with van der Waals surface area (Å²) < 4.78 is 29.6. The zero-order chi connectivity index (χ0) is 20.5. The fourth-order valence-corrected chi connectivity index (χ4v) is 4.41. The molecule has 1 N–H and O–H groups in total. The average molecular weight is 423 g/mol. The van der Waals surface area contributed by atoms with E-state index < -0.39 is 27.8 Å². The van der Waals surface area contributed by atoms with Gasteiger partial charge in [0.15, 0.2) is 0 Å². The van der Waals surface area contributed by atoms with E-state index in [2.05, 4.69) is 10.1 Å². The van der Waals surface area contributed by atoms with Crippen molar-refractivity contribution in [2.24, 2.45) is 0 Å². The van der Waals surface area contributed by atoms with Gasteiger partial charge in [-0.3, -0.25) is 9.59 Å². The molecule has 0 unspecified atom stereocenters. The molecule has 8 nitrogen and oxygen atoms in total. The van der Waals surface area contributed by atoms with Crippen LogP contribution in [0.3, 0.4) is 0 Å². The molecule has 1 aliphatic heterocycles. The molecule has 0 spiro atoms. The van der Waals surface area contributed by atoms with Gasteiger partial charge in [-0.2, -0.15) is 0 Å². The number of hydrogen-bond donors (Lipinski definition) is 1. The minimum Gasteiger partial charge on any atom is -0.465 e. The van der Waals surface area contributed by atoms with Crippen molar-refractivity contribution in [1.82, 2.24) is 0 Å². The van der Waals surface area contributed by atoms with Crippen LogP contribution < -0.4 is 9.62 Å². The fraction of sp³-hybridized carbons (Fsp3) is 0.167. The molecule has 0 atom stereocenters. The maximum atomic E-state index is 12.7. The van der Waals surface area contributed by atoms with E-state index in [0.717, 1.165) is 0 Å². The summed E-state index contributed by atoms with van der Waals surface area (Å²) in [4.78, 5) is 36.5. The second kappa shape index (κ2) is 7.61. The second-order valence-electron chi connectivity index (χ2n) is 5.88. The maximum Gasteiger partial charge on any atom is 0.339 e. The van der Waals surface area contributed by atoms with Crippen LogP contribution >= 0.6 is 11.6 Å². The van der Waals surface area contributed by atoms with Gasteiger partial charge < -0.3 is 10.1 Å². The average Bonchev–Trinajstić information content (AvgIpc) is 2.94. The van der Waals surface area contributed by atoms with E-state index in [4.69, 9.17) is 11.6 Å². The highest BCUT2D eigenvalue weighted by atomic mass is 35.5. The lowest BCUT2D eigenvalue weighted by Gasteiger charge is -2.17. The van der Waals surface area contributed by atoms with E-state index in [9.17, 15) is 22.8 Å². The lowest BCUT2D eigenvalue weighted by molar-refractivity contribution is -0.116. The van der Waals surface area contributed by atoms with Crippen molar-refractivity contribution < 1.29 is 27.5 Å². The van der Waals surface area contributed by atoms with Crippen LogP contribution in [0.4, 0.5) is 11.4 Å². The number of nitrogens with one attached hydrogen (secondary N) is 1. The van der Waals surface area contributed by atoms with Crippen LogP contribution in [0.2, 0.25) is 5.02 Å². The van der Waals surface area contributed by atoms with E-state index in [1.54, 1.807) is 12.1 Å². The predicted octanol–water partition coefficient (Wildman–Crippen LogP) is 2.45. The Balaban J connectivity index is 1.96. The van der Waals surface area contributed by atoms with Crippen molar-refractivity contribution >= 4 is 50.8 Å². The number of carbonyl (C=O) groups excluding carboxylic acids is 3. The summed E-state index contributed by atoms with van der Waals surface area (Å²) in [5.41, 5.74) is 0.320. The first kappa shape index (κ1) is 19.8. The van der Waals surface area contributed by atoms with E-state index >= 15 is 0 Å². The standard InChI is InChI=1S/C18H15ClN2O6S/c1-27-18(24)12-4-2-3-5-15(12)20-17(23)13-10-11(6-7-14(13)19)21-16(22)8-9-28(21,25)26/h2-7,10H,8-9H2,1H3,(H,20,23). The number of anilines is 2. The molecule has 0 radical (unpaired) electrons. The number of para-hydroxylation sites is 1. The zero-order valence-electron chi connectivity index (χ0n) is 14.6. The minimum absolute atomic E-state index is 0.0262. The van der Waals surface area contributed by atoms with E-state index in [1.165, 1.54) is 37.4 Å². The summed E-state index contributed by atoms with van der Waals surface area (Å²) >= 11 is 6.10. The minimum atomic E-state index is -3.78. The van der Waals surface area contributed by atoms with Gasteiger partial charge in [0.05, 0.1) is 40.4 Å². The number of carbonyl (C=O) groups is 3. The third-order valence-electron chi connectivity index (χ3n) is 4.09. The predicted molar refractivity (Wildman–Crippen MR) is 103 cm³/mol. The molecule has 0 bridgehead atoms. The fourth-order valence-electron chi connectivity index (χ4n) is 2.75. The number of halogens is 1. The number of rotatable bonds is 4. The molecule has 1 saturated heterocycles. The van der Waals surface area contributed by atoms with E-state index in [0.29, 0.717) is 4.31 Å². The largest absolute Gasteiger partial charge is 0.465 e. The van der Waals surface area contributed by atoms with Gasteiger partial charge in [-0.05, 0) is 30.3 Å². The molecule has 146 valence electrons. The number of benzene rings is 2. The van der Waals surface area contributed by atoms with Crippen molar-refractivity contribution in [3.63, 3.8) is 0 Å². The topological polar surface area (TPSA) is 110 Å². The SMILES string of the molecule is COC(=O)c1ccccc1NC(=O)c1cc(N2C(=O)CCS2(=O)=O)ccc1Cl. The first-order chi connectivity index (χ1) is 13.2. The van der Waals surface area contributed by atoms with Crippen LogP contribution in [0.1, 0.15) is 27.1 Å². The molecule has 1 heterocycles. The van der Waals surface area contributed by atoms with Crippen LogP contribution in [0, 0.1) is 0 Å². The molecule has 3 rings (SSSR count). The van der Waals surface area contributed by atoms with Gasteiger partial charge in [-0.1, -0.05) is 23.7 Å². The number of nitrogens with zero attached hydrogens (tertiary/aromatic N) is 1.